The normalized spacial score (nSPS) is 10.4. The van der Waals surface area contributed by atoms with Crippen LogP contribution in [0, 0.1) is 5.92 Å². The Hall–Kier alpha value is -1.69. The molecular weight excluding hydrogens is 300 g/mol. The largest absolute Gasteiger partial charge is 0.494 e. The quantitative estimate of drug-likeness (QED) is 0.539. The summed E-state index contributed by atoms with van der Waals surface area (Å²) in [6, 6.07) is 7.66. The molecular formula is C16H24N2O3S. The number of hydrogen-bond acceptors (Lipinski definition) is 4. The molecule has 0 saturated carbocycles. The molecule has 0 spiro atoms. The molecule has 0 aliphatic heterocycles. The number of carbonyl (C=O) groups excluding carboxylic acids is 2. The maximum Gasteiger partial charge on any atom is 0.230 e. The SMILES string of the molecule is CCOc1ccc(SCC(=O)NCCNC(=O)C(C)C)cc1. The van der Waals surface area contributed by atoms with Crippen molar-refractivity contribution < 1.29 is 14.3 Å². The van der Waals surface area contributed by atoms with Gasteiger partial charge in [-0.3, -0.25) is 9.59 Å². The maximum atomic E-state index is 11.7. The minimum Gasteiger partial charge on any atom is -0.494 e. The van der Waals surface area contributed by atoms with Crippen molar-refractivity contribution in [2.75, 3.05) is 25.4 Å². The minimum absolute atomic E-state index is 0.00184. The Morgan fingerprint density at radius 3 is 2.36 bits per heavy atom. The Bertz CT molecular complexity index is 475. The first-order valence-corrected chi connectivity index (χ1v) is 8.41. The Morgan fingerprint density at radius 1 is 1.14 bits per heavy atom. The Kier molecular flexibility index (Phi) is 8.43. The predicted octanol–water partition coefficient (Wildman–Crippen LogP) is 2.07. The summed E-state index contributed by atoms with van der Waals surface area (Å²) < 4.78 is 5.36. The molecule has 6 heteroatoms. The van der Waals surface area contributed by atoms with Crippen molar-refractivity contribution in [3.8, 4) is 5.75 Å². The lowest BCUT2D eigenvalue weighted by atomic mass is 10.2. The van der Waals surface area contributed by atoms with E-state index >= 15 is 0 Å². The van der Waals surface area contributed by atoms with E-state index in [0.29, 0.717) is 25.4 Å². The van der Waals surface area contributed by atoms with E-state index in [9.17, 15) is 9.59 Å². The van der Waals surface area contributed by atoms with E-state index in [1.165, 1.54) is 11.8 Å². The van der Waals surface area contributed by atoms with Crippen molar-refractivity contribution in [3.63, 3.8) is 0 Å². The molecule has 0 aliphatic carbocycles. The second-order valence-corrected chi connectivity index (χ2v) is 6.04. The fourth-order valence-corrected chi connectivity index (χ4v) is 2.32. The number of hydrogen-bond donors (Lipinski definition) is 2. The van der Waals surface area contributed by atoms with Crippen LogP contribution < -0.4 is 15.4 Å². The number of benzene rings is 1. The zero-order valence-electron chi connectivity index (χ0n) is 13.3. The molecule has 0 saturated heterocycles. The molecule has 0 unspecified atom stereocenters. The lowest BCUT2D eigenvalue weighted by molar-refractivity contribution is -0.124. The highest BCUT2D eigenvalue weighted by Gasteiger charge is 2.06. The van der Waals surface area contributed by atoms with Crippen molar-refractivity contribution in [1.29, 1.82) is 0 Å². The highest BCUT2D eigenvalue weighted by molar-refractivity contribution is 8.00. The van der Waals surface area contributed by atoms with E-state index in [2.05, 4.69) is 10.6 Å². The van der Waals surface area contributed by atoms with Crippen LogP contribution in [0.2, 0.25) is 0 Å². The van der Waals surface area contributed by atoms with Gasteiger partial charge in [-0.15, -0.1) is 11.8 Å². The van der Waals surface area contributed by atoms with Gasteiger partial charge in [-0.05, 0) is 31.2 Å². The van der Waals surface area contributed by atoms with Crippen molar-refractivity contribution >= 4 is 23.6 Å². The van der Waals surface area contributed by atoms with Crippen LogP contribution in [0.4, 0.5) is 0 Å². The summed E-state index contributed by atoms with van der Waals surface area (Å²) in [4.78, 5) is 24.0. The summed E-state index contributed by atoms with van der Waals surface area (Å²) in [6.45, 7) is 7.15. The minimum atomic E-state index is -0.0438. The first kappa shape index (κ1) is 18.4. The van der Waals surface area contributed by atoms with Gasteiger partial charge in [0.2, 0.25) is 11.8 Å². The van der Waals surface area contributed by atoms with Crippen LogP contribution in [0.3, 0.4) is 0 Å². The number of carbonyl (C=O) groups is 2. The highest BCUT2D eigenvalue weighted by atomic mass is 32.2. The molecule has 2 N–H and O–H groups in total. The molecule has 1 rings (SSSR count). The molecule has 0 radical (unpaired) electrons. The van der Waals surface area contributed by atoms with Crippen molar-refractivity contribution in [2.24, 2.45) is 5.92 Å². The zero-order valence-corrected chi connectivity index (χ0v) is 14.2. The van der Waals surface area contributed by atoms with Crippen LogP contribution in [0.1, 0.15) is 20.8 Å². The molecule has 22 heavy (non-hydrogen) atoms. The Labute approximate surface area is 136 Å². The van der Waals surface area contributed by atoms with Gasteiger partial charge in [0.05, 0.1) is 12.4 Å². The molecule has 0 bridgehead atoms. The van der Waals surface area contributed by atoms with Gasteiger partial charge in [0.1, 0.15) is 5.75 Å². The fourth-order valence-electron chi connectivity index (χ4n) is 1.59. The number of thioether (sulfide) groups is 1. The first-order valence-electron chi connectivity index (χ1n) is 7.43. The van der Waals surface area contributed by atoms with Crippen LogP contribution in [-0.4, -0.2) is 37.3 Å². The molecule has 0 aromatic heterocycles. The van der Waals surface area contributed by atoms with E-state index < -0.39 is 0 Å². The van der Waals surface area contributed by atoms with Crippen molar-refractivity contribution in [3.05, 3.63) is 24.3 Å². The maximum absolute atomic E-state index is 11.7. The third-order valence-corrected chi connectivity index (χ3v) is 3.79. The lowest BCUT2D eigenvalue weighted by Gasteiger charge is -2.09. The van der Waals surface area contributed by atoms with E-state index in [0.717, 1.165) is 10.6 Å². The average molecular weight is 324 g/mol. The second kappa shape index (κ2) is 10.1. The van der Waals surface area contributed by atoms with Gasteiger partial charge < -0.3 is 15.4 Å². The summed E-state index contributed by atoms with van der Waals surface area (Å²) >= 11 is 1.47. The third kappa shape index (κ3) is 7.36. The van der Waals surface area contributed by atoms with Gasteiger partial charge in [-0.1, -0.05) is 13.8 Å². The topological polar surface area (TPSA) is 67.4 Å². The molecule has 1 aromatic rings. The molecule has 122 valence electrons. The number of rotatable bonds is 9. The van der Waals surface area contributed by atoms with E-state index in [4.69, 9.17) is 4.74 Å². The molecule has 0 atom stereocenters. The van der Waals surface area contributed by atoms with Crippen LogP contribution >= 0.6 is 11.8 Å². The summed E-state index contributed by atoms with van der Waals surface area (Å²) in [7, 11) is 0. The number of nitrogens with one attached hydrogen (secondary N) is 2. The standard InChI is InChI=1S/C16H24N2O3S/c1-4-21-13-5-7-14(8-6-13)22-11-15(19)17-9-10-18-16(20)12(2)3/h5-8,12H,4,9-11H2,1-3H3,(H,17,19)(H,18,20). The van der Waals surface area contributed by atoms with Crippen LogP contribution in [-0.2, 0) is 9.59 Å². The predicted molar refractivity (Wildman–Crippen MR) is 89.2 cm³/mol. The smallest absolute Gasteiger partial charge is 0.230 e. The Balaban J connectivity index is 2.18. The van der Waals surface area contributed by atoms with Gasteiger partial charge >= 0.3 is 0 Å². The Morgan fingerprint density at radius 2 is 1.77 bits per heavy atom. The monoisotopic (exact) mass is 324 g/mol. The van der Waals surface area contributed by atoms with Gasteiger partial charge in [-0.25, -0.2) is 0 Å². The van der Waals surface area contributed by atoms with Crippen molar-refractivity contribution in [1.82, 2.24) is 10.6 Å². The zero-order chi connectivity index (χ0) is 16.4. The highest BCUT2D eigenvalue weighted by Crippen LogP contribution is 2.21. The third-order valence-electron chi connectivity index (χ3n) is 2.78. The average Bonchev–Trinajstić information content (AvgIpc) is 2.50. The first-order chi connectivity index (χ1) is 10.5. The molecule has 5 nitrogen and oxygen atoms in total. The summed E-state index contributed by atoms with van der Waals surface area (Å²) in [5.41, 5.74) is 0. The van der Waals surface area contributed by atoms with E-state index in [1.54, 1.807) is 0 Å². The van der Waals surface area contributed by atoms with Crippen LogP contribution in [0.5, 0.6) is 5.75 Å². The summed E-state index contributed by atoms with van der Waals surface area (Å²) in [6.07, 6.45) is 0. The van der Waals surface area contributed by atoms with Gasteiger partial charge in [0.15, 0.2) is 0 Å². The lowest BCUT2D eigenvalue weighted by Crippen LogP contribution is -2.36. The molecule has 2 amide bonds. The van der Waals surface area contributed by atoms with Crippen LogP contribution in [0.25, 0.3) is 0 Å². The van der Waals surface area contributed by atoms with Gasteiger partial charge in [-0.2, -0.15) is 0 Å². The van der Waals surface area contributed by atoms with Gasteiger partial charge in [0.25, 0.3) is 0 Å². The van der Waals surface area contributed by atoms with Crippen molar-refractivity contribution in [2.45, 2.75) is 25.7 Å². The number of ether oxygens (including phenoxy) is 1. The van der Waals surface area contributed by atoms with Crippen LogP contribution in [0.15, 0.2) is 29.2 Å². The molecule has 0 heterocycles. The summed E-state index contributed by atoms with van der Waals surface area (Å²) in [5.74, 6) is 1.10. The summed E-state index contributed by atoms with van der Waals surface area (Å²) in [5, 5.41) is 5.53. The van der Waals surface area contributed by atoms with Gasteiger partial charge in [0, 0.05) is 23.9 Å². The molecule has 0 fully saturated rings. The van der Waals surface area contributed by atoms with E-state index in [-0.39, 0.29) is 17.7 Å². The van der Waals surface area contributed by atoms with E-state index in [1.807, 2.05) is 45.0 Å². The number of amides is 2. The second-order valence-electron chi connectivity index (χ2n) is 4.99. The molecule has 1 aromatic carbocycles. The fraction of sp³-hybridized carbons (Fsp3) is 0.500. The molecule has 0 aliphatic rings.